The Balaban J connectivity index is 2.58. The van der Waals surface area contributed by atoms with E-state index >= 15 is 0 Å². The zero-order valence-corrected chi connectivity index (χ0v) is 11.3. The minimum atomic E-state index is -2.89. The summed E-state index contributed by atoms with van der Waals surface area (Å²) in [5.41, 5.74) is 6.07. The number of halogens is 2. The maximum atomic E-state index is 12.1. The van der Waals surface area contributed by atoms with Crippen LogP contribution < -0.4 is 15.8 Å². The van der Waals surface area contributed by atoms with Crippen LogP contribution in [0.15, 0.2) is 24.3 Å². The molecule has 0 saturated heterocycles. The summed E-state index contributed by atoms with van der Waals surface area (Å²) in [7, 11) is 0. The molecule has 19 heavy (non-hydrogen) atoms. The van der Waals surface area contributed by atoms with E-state index < -0.39 is 12.7 Å². The van der Waals surface area contributed by atoms with Gasteiger partial charge in [-0.15, -0.1) is 0 Å². The molecule has 1 aromatic carbocycles. The lowest BCUT2D eigenvalue weighted by atomic mass is 10.2. The molecule has 0 aliphatic heterocycles. The minimum Gasteiger partial charge on any atom is -0.435 e. The van der Waals surface area contributed by atoms with Gasteiger partial charge in [0.2, 0.25) is 5.91 Å². The van der Waals surface area contributed by atoms with Crippen molar-refractivity contribution in [3.05, 3.63) is 24.3 Å². The number of rotatable bonds is 7. The highest BCUT2D eigenvalue weighted by molar-refractivity contribution is 7.98. The summed E-state index contributed by atoms with van der Waals surface area (Å²) >= 11 is 1.60. The van der Waals surface area contributed by atoms with Crippen molar-refractivity contribution in [3.63, 3.8) is 0 Å². The van der Waals surface area contributed by atoms with E-state index in [0.717, 1.165) is 5.75 Å². The summed E-state index contributed by atoms with van der Waals surface area (Å²) in [6, 6.07) is 5.19. The Morgan fingerprint density at radius 3 is 2.89 bits per heavy atom. The van der Waals surface area contributed by atoms with Crippen molar-refractivity contribution in [2.24, 2.45) is 5.73 Å². The molecule has 1 atom stereocenters. The number of alkyl halides is 2. The highest BCUT2D eigenvalue weighted by Gasteiger charge is 2.13. The van der Waals surface area contributed by atoms with Crippen molar-refractivity contribution in [3.8, 4) is 5.75 Å². The number of hydrogen-bond donors (Lipinski definition) is 2. The van der Waals surface area contributed by atoms with Gasteiger partial charge in [0, 0.05) is 11.8 Å². The molecular formula is C12H16F2N2O2S. The quantitative estimate of drug-likeness (QED) is 0.809. The highest BCUT2D eigenvalue weighted by Crippen LogP contribution is 2.19. The first kappa shape index (κ1) is 15.7. The van der Waals surface area contributed by atoms with Gasteiger partial charge in [-0.05, 0) is 30.6 Å². The van der Waals surface area contributed by atoms with Crippen molar-refractivity contribution < 1.29 is 18.3 Å². The van der Waals surface area contributed by atoms with Gasteiger partial charge in [0.15, 0.2) is 0 Å². The lowest BCUT2D eigenvalue weighted by molar-refractivity contribution is -0.117. The lowest BCUT2D eigenvalue weighted by Gasteiger charge is -2.12. The Hall–Kier alpha value is -1.34. The number of carbonyl (C=O) groups is 1. The Kier molecular flexibility index (Phi) is 6.58. The van der Waals surface area contributed by atoms with Crippen molar-refractivity contribution in [1.82, 2.24) is 0 Å². The van der Waals surface area contributed by atoms with Crippen LogP contribution in [0.4, 0.5) is 14.5 Å². The molecule has 0 heterocycles. The maximum Gasteiger partial charge on any atom is 0.387 e. The fraction of sp³-hybridized carbons (Fsp3) is 0.417. The molecule has 1 amide bonds. The number of hydrogen-bond acceptors (Lipinski definition) is 4. The largest absolute Gasteiger partial charge is 0.435 e. The van der Waals surface area contributed by atoms with E-state index in [1.54, 1.807) is 17.8 Å². The smallest absolute Gasteiger partial charge is 0.387 e. The normalized spacial score (nSPS) is 12.3. The summed E-state index contributed by atoms with van der Waals surface area (Å²) in [6.45, 7) is -2.89. The van der Waals surface area contributed by atoms with Crippen LogP contribution in [0.3, 0.4) is 0 Å². The fourth-order valence-electron chi connectivity index (χ4n) is 1.36. The standard InChI is InChI=1S/C12H16F2N2O2S/c1-19-6-5-10(15)11(17)16-8-3-2-4-9(7-8)18-12(13)14/h2-4,7,10,12H,5-6,15H2,1H3,(H,16,17)/t10-/m1/s1. The van der Waals surface area contributed by atoms with Crippen LogP contribution in [0.5, 0.6) is 5.75 Å². The van der Waals surface area contributed by atoms with Gasteiger partial charge in [-0.1, -0.05) is 6.07 Å². The molecule has 0 aliphatic carbocycles. The number of benzene rings is 1. The molecular weight excluding hydrogens is 274 g/mol. The van der Waals surface area contributed by atoms with E-state index in [-0.39, 0.29) is 11.7 Å². The number of thioether (sulfide) groups is 1. The van der Waals surface area contributed by atoms with Crippen LogP contribution in [-0.2, 0) is 4.79 Å². The summed E-state index contributed by atoms with van der Waals surface area (Å²) in [4.78, 5) is 11.7. The van der Waals surface area contributed by atoms with Crippen LogP contribution >= 0.6 is 11.8 Å². The van der Waals surface area contributed by atoms with Crippen LogP contribution in [-0.4, -0.2) is 30.6 Å². The average molecular weight is 290 g/mol. The monoisotopic (exact) mass is 290 g/mol. The molecule has 1 rings (SSSR count). The van der Waals surface area contributed by atoms with Gasteiger partial charge < -0.3 is 15.8 Å². The highest BCUT2D eigenvalue weighted by atomic mass is 32.2. The zero-order chi connectivity index (χ0) is 14.3. The first-order valence-corrected chi connectivity index (χ1v) is 7.02. The summed E-state index contributed by atoms with van der Waals surface area (Å²) in [5.74, 6) is 0.428. The van der Waals surface area contributed by atoms with Gasteiger partial charge in [0.05, 0.1) is 6.04 Å². The van der Waals surface area contributed by atoms with Gasteiger partial charge in [0.25, 0.3) is 0 Å². The van der Waals surface area contributed by atoms with Gasteiger partial charge in [0.1, 0.15) is 5.75 Å². The summed E-state index contributed by atoms with van der Waals surface area (Å²) in [5, 5.41) is 2.57. The van der Waals surface area contributed by atoms with Crippen LogP contribution in [0.25, 0.3) is 0 Å². The SMILES string of the molecule is CSCC[C@@H](N)C(=O)Nc1cccc(OC(F)F)c1. The van der Waals surface area contributed by atoms with Crippen LogP contribution in [0.1, 0.15) is 6.42 Å². The molecule has 0 bridgehead atoms. The minimum absolute atomic E-state index is 0.00881. The van der Waals surface area contributed by atoms with E-state index in [9.17, 15) is 13.6 Å². The Labute approximate surface area is 114 Å². The van der Waals surface area contributed by atoms with Crippen LogP contribution in [0.2, 0.25) is 0 Å². The van der Waals surface area contributed by atoms with E-state index in [4.69, 9.17) is 5.73 Å². The van der Waals surface area contributed by atoms with Crippen molar-refractivity contribution >= 4 is 23.4 Å². The van der Waals surface area contributed by atoms with Gasteiger partial charge in [-0.2, -0.15) is 20.5 Å². The number of nitrogens with two attached hydrogens (primary N) is 1. The van der Waals surface area contributed by atoms with Gasteiger partial charge >= 0.3 is 6.61 Å². The van der Waals surface area contributed by atoms with Crippen LogP contribution in [0, 0.1) is 0 Å². The number of amides is 1. The van der Waals surface area contributed by atoms with Crippen molar-refractivity contribution in [2.75, 3.05) is 17.3 Å². The molecule has 0 fully saturated rings. The van der Waals surface area contributed by atoms with E-state index in [2.05, 4.69) is 10.1 Å². The second-order valence-corrected chi connectivity index (χ2v) is 4.77. The van der Waals surface area contributed by atoms with Gasteiger partial charge in [-0.3, -0.25) is 4.79 Å². The molecule has 0 saturated carbocycles. The molecule has 0 aromatic heterocycles. The number of ether oxygens (including phenoxy) is 1. The molecule has 1 aromatic rings. The lowest BCUT2D eigenvalue weighted by Crippen LogP contribution is -2.36. The van der Waals surface area contributed by atoms with E-state index in [1.165, 1.54) is 18.2 Å². The van der Waals surface area contributed by atoms with Crippen molar-refractivity contribution in [2.45, 2.75) is 19.1 Å². The van der Waals surface area contributed by atoms with E-state index in [1.807, 2.05) is 6.26 Å². The second kappa shape index (κ2) is 7.96. The molecule has 106 valence electrons. The predicted octanol–water partition coefficient (Wildman–Crippen LogP) is 2.31. The summed E-state index contributed by atoms with van der Waals surface area (Å²) < 4.78 is 28.3. The molecule has 0 spiro atoms. The second-order valence-electron chi connectivity index (χ2n) is 3.78. The third-order valence-electron chi connectivity index (χ3n) is 2.30. The fourth-order valence-corrected chi connectivity index (χ4v) is 1.85. The first-order valence-electron chi connectivity index (χ1n) is 5.63. The van der Waals surface area contributed by atoms with Gasteiger partial charge in [-0.25, -0.2) is 0 Å². The predicted molar refractivity (Wildman–Crippen MR) is 72.7 cm³/mol. The van der Waals surface area contributed by atoms with E-state index in [0.29, 0.717) is 12.1 Å². The molecule has 4 nitrogen and oxygen atoms in total. The molecule has 0 aliphatic rings. The Morgan fingerprint density at radius 1 is 1.53 bits per heavy atom. The van der Waals surface area contributed by atoms with Crippen molar-refractivity contribution in [1.29, 1.82) is 0 Å². The zero-order valence-electron chi connectivity index (χ0n) is 10.4. The third-order valence-corrected chi connectivity index (χ3v) is 2.94. The Morgan fingerprint density at radius 2 is 2.26 bits per heavy atom. The average Bonchev–Trinajstić information content (AvgIpc) is 2.35. The maximum absolute atomic E-state index is 12.1. The molecule has 3 N–H and O–H groups in total. The Bertz CT molecular complexity index is 418. The topological polar surface area (TPSA) is 64.4 Å². The number of nitrogens with one attached hydrogen (secondary N) is 1. The number of carbonyl (C=O) groups excluding carboxylic acids is 1. The first-order chi connectivity index (χ1) is 9.02. The third kappa shape index (κ3) is 5.89. The molecule has 0 radical (unpaired) electrons. The summed E-state index contributed by atoms with van der Waals surface area (Å²) in [6.07, 6.45) is 2.48. The molecule has 0 unspecified atom stereocenters. The number of anilines is 1. The molecule has 7 heteroatoms.